The van der Waals surface area contributed by atoms with Crippen LogP contribution in [-0.2, 0) is 4.57 Å². The van der Waals surface area contributed by atoms with Gasteiger partial charge in [0.25, 0.3) is 0 Å². The molecular weight excluding hydrogens is 119 g/mol. The molecule has 1 aliphatic heterocycles. The Kier molecular flexibility index (Phi) is 1.32. The van der Waals surface area contributed by atoms with Gasteiger partial charge in [0.05, 0.1) is 0 Å². The van der Waals surface area contributed by atoms with Gasteiger partial charge in [0.1, 0.15) is 7.14 Å². The van der Waals surface area contributed by atoms with Gasteiger partial charge in [-0.1, -0.05) is 5.57 Å². The molecule has 1 atom stereocenters. The SMILES string of the molecule is CC1=C[P@@](C)(=O)CC1. The summed E-state index contributed by atoms with van der Waals surface area (Å²) in [5.74, 6) is 1.94. The second kappa shape index (κ2) is 1.73. The summed E-state index contributed by atoms with van der Waals surface area (Å²) in [5.41, 5.74) is 1.30. The normalized spacial score (nSPS) is 37.5. The third kappa shape index (κ3) is 1.23. The van der Waals surface area contributed by atoms with E-state index >= 15 is 0 Å². The Labute approximate surface area is 50.2 Å². The van der Waals surface area contributed by atoms with Crippen LogP contribution in [0.5, 0.6) is 0 Å². The lowest BCUT2D eigenvalue weighted by Crippen LogP contribution is -1.73. The highest BCUT2D eigenvalue weighted by atomic mass is 31.2. The zero-order chi connectivity index (χ0) is 6.20. The molecule has 0 radical (unpaired) electrons. The molecule has 0 aromatic rings. The van der Waals surface area contributed by atoms with Crippen molar-refractivity contribution in [1.82, 2.24) is 0 Å². The highest BCUT2D eigenvalue weighted by molar-refractivity contribution is 7.66. The molecule has 1 rings (SSSR count). The van der Waals surface area contributed by atoms with Crippen molar-refractivity contribution in [3.05, 3.63) is 11.4 Å². The first-order chi connectivity index (χ1) is 3.60. The van der Waals surface area contributed by atoms with Crippen molar-refractivity contribution >= 4 is 7.14 Å². The maximum absolute atomic E-state index is 11.1. The fourth-order valence-electron chi connectivity index (χ4n) is 0.994. The molecule has 0 saturated carbocycles. The lowest BCUT2D eigenvalue weighted by molar-refractivity contribution is 0.585. The van der Waals surface area contributed by atoms with Crippen LogP contribution >= 0.6 is 7.14 Å². The minimum absolute atomic E-state index is 0.902. The summed E-state index contributed by atoms with van der Waals surface area (Å²) >= 11 is 0. The van der Waals surface area contributed by atoms with E-state index in [1.807, 2.05) is 19.4 Å². The maximum atomic E-state index is 11.1. The first kappa shape index (κ1) is 6.10. The molecular formula is C6H11OP. The maximum Gasteiger partial charge on any atom is 0.106 e. The number of hydrogen-bond acceptors (Lipinski definition) is 1. The molecule has 0 saturated heterocycles. The molecule has 1 heterocycles. The van der Waals surface area contributed by atoms with Crippen molar-refractivity contribution in [2.45, 2.75) is 13.3 Å². The second-order valence-electron chi connectivity index (χ2n) is 2.62. The average Bonchev–Trinajstić information content (AvgIpc) is 1.82. The van der Waals surface area contributed by atoms with Gasteiger partial charge in [-0.3, -0.25) is 0 Å². The third-order valence-electron chi connectivity index (χ3n) is 1.44. The first-order valence-corrected chi connectivity index (χ1v) is 5.25. The van der Waals surface area contributed by atoms with Gasteiger partial charge < -0.3 is 4.57 Å². The Morgan fingerprint density at radius 1 is 1.75 bits per heavy atom. The molecule has 1 nitrogen and oxygen atoms in total. The number of rotatable bonds is 0. The van der Waals surface area contributed by atoms with E-state index in [9.17, 15) is 4.57 Å². The van der Waals surface area contributed by atoms with Crippen LogP contribution in [0.1, 0.15) is 13.3 Å². The van der Waals surface area contributed by atoms with Gasteiger partial charge in [-0.2, -0.15) is 0 Å². The zero-order valence-corrected chi connectivity index (χ0v) is 6.24. The van der Waals surface area contributed by atoms with Crippen molar-refractivity contribution in [3.63, 3.8) is 0 Å². The Hall–Kier alpha value is -0.0300. The van der Waals surface area contributed by atoms with Crippen LogP contribution in [0.4, 0.5) is 0 Å². The van der Waals surface area contributed by atoms with Crippen LogP contribution in [0.2, 0.25) is 0 Å². The van der Waals surface area contributed by atoms with E-state index in [2.05, 4.69) is 0 Å². The molecule has 8 heavy (non-hydrogen) atoms. The van der Waals surface area contributed by atoms with E-state index in [0.29, 0.717) is 0 Å². The van der Waals surface area contributed by atoms with E-state index < -0.39 is 7.14 Å². The molecule has 0 aromatic carbocycles. The first-order valence-electron chi connectivity index (χ1n) is 2.85. The van der Waals surface area contributed by atoms with Gasteiger partial charge in [-0.25, -0.2) is 0 Å². The fraction of sp³-hybridized carbons (Fsp3) is 0.667. The van der Waals surface area contributed by atoms with Crippen LogP contribution in [0.15, 0.2) is 11.4 Å². The molecule has 0 N–H and O–H groups in total. The minimum Gasteiger partial charge on any atom is -0.320 e. The molecule has 0 unspecified atom stereocenters. The van der Waals surface area contributed by atoms with Gasteiger partial charge in [0, 0.05) is 6.16 Å². The highest BCUT2D eigenvalue weighted by Crippen LogP contribution is 2.50. The fourth-order valence-corrected chi connectivity index (χ4v) is 2.98. The van der Waals surface area contributed by atoms with Crippen LogP contribution in [0.25, 0.3) is 0 Å². The van der Waals surface area contributed by atoms with Gasteiger partial charge in [-0.05, 0) is 25.8 Å². The summed E-state index contributed by atoms with van der Waals surface area (Å²) in [5, 5.41) is 0. The monoisotopic (exact) mass is 130 g/mol. The van der Waals surface area contributed by atoms with Crippen molar-refractivity contribution in [2.75, 3.05) is 12.8 Å². The quantitative estimate of drug-likeness (QED) is 0.460. The lowest BCUT2D eigenvalue weighted by atomic mass is 10.3. The van der Waals surface area contributed by atoms with Crippen molar-refractivity contribution in [1.29, 1.82) is 0 Å². The van der Waals surface area contributed by atoms with E-state index in [1.54, 1.807) is 0 Å². The van der Waals surface area contributed by atoms with E-state index in [-0.39, 0.29) is 0 Å². The third-order valence-corrected chi connectivity index (χ3v) is 3.54. The Morgan fingerprint density at radius 3 is 2.50 bits per heavy atom. The Balaban J connectivity index is 2.82. The largest absolute Gasteiger partial charge is 0.320 e. The van der Waals surface area contributed by atoms with Crippen LogP contribution < -0.4 is 0 Å². The second-order valence-corrected chi connectivity index (χ2v) is 5.68. The molecule has 0 aliphatic carbocycles. The molecule has 0 amide bonds. The Morgan fingerprint density at radius 2 is 2.38 bits per heavy atom. The highest BCUT2D eigenvalue weighted by Gasteiger charge is 2.17. The van der Waals surface area contributed by atoms with E-state index in [4.69, 9.17) is 0 Å². The smallest absolute Gasteiger partial charge is 0.106 e. The van der Waals surface area contributed by atoms with E-state index in [0.717, 1.165) is 12.6 Å². The summed E-state index contributed by atoms with van der Waals surface area (Å²) in [6, 6.07) is 0. The van der Waals surface area contributed by atoms with E-state index in [1.165, 1.54) is 5.57 Å². The standard InChI is InChI=1S/C6H11OP/c1-6-3-4-8(2,7)5-6/h5H,3-4H2,1-2H3/t8-/m0/s1. The summed E-state index contributed by atoms with van der Waals surface area (Å²) in [4.78, 5) is 0. The minimum atomic E-state index is -1.76. The lowest BCUT2D eigenvalue weighted by Gasteiger charge is -1.94. The summed E-state index contributed by atoms with van der Waals surface area (Å²) in [6.45, 7) is 3.90. The zero-order valence-electron chi connectivity index (χ0n) is 5.35. The van der Waals surface area contributed by atoms with Gasteiger partial charge in [0.2, 0.25) is 0 Å². The average molecular weight is 130 g/mol. The number of allylic oxidation sites excluding steroid dienone is 1. The summed E-state index contributed by atoms with van der Waals surface area (Å²) in [7, 11) is -1.76. The Bertz CT molecular complexity index is 169. The van der Waals surface area contributed by atoms with Crippen molar-refractivity contribution in [3.8, 4) is 0 Å². The van der Waals surface area contributed by atoms with Gasteiger partial charge >= 0.3 is 0 Å². The predicted octanol–water partition coefficient (Wildman–Crippen LogP) is 2.29. The van der Waals surface area contributed by atoms with Crippen molar-refractivity contribution in [2.24, 2.45) is 0 Å². The summed E-state index contributed by atoms with van der Waals surface area (Å²) in [6.07, 6.45) is 1.95. The number of hydrogen-bond donors (Lipinski definition) is 0. The molecule has 0 fully saturated rings. The molecule has 0 spiro atoms. The van der Waals surface area contributed by atoms with Gasteiger partial charge in [-0.15, -0.1) is 0 Å². The van der Waals surface area contributed by atoms with Gasteiger partial charge in [0.15, 0.2) is 0 Å². The van der Waals surface area contributed by atoms with Crippen LogP contribution in [0, 0.1) is 0 Å². The topological polar surface area (TPSA) is 17.1 Å². The molecule has 46 valence electrons. The predicted molar refractivity (Wildman–Crippen MR) is 36.8 cm³/mol. The summed E-state index contributed by atoms with van der Waals surface area (Å²) < 4.78 is 11.1. The van der Waals surface area contributed by atoms with Crippen molar-refractivity contribution < 1.29 is 4.57 Å². The van der Waals surface area contributed by atoms with Crippen LogP contribution in [-0.4, -0.2) is 12.8 Å². The molecule has 1 aliphatic rings. The molecule has 2 heteroatoms. The molecule has 0 bridgehead atoms. The van der Waals surface area contributed by atoms with Crippen LogP contribution in [0.3, 0.4) is 0 Å². The molecule has 0 aromatic heterocycles.